The summed E-state index contributed by atoms with van der Waals surface area (Å²) in [6, 6.07) is 5.28. The second kappa shape index (κ2) is 5.34. The number of hydrogen-bond donors (Lipinski definition) is 0. The van der Waals surface area contributed by atoms with Gasteiger partial charge in [-0.05, 0) is 12.1 Å². The van der Waals surface area contributed by atoms with E-state index in [-0.39, 0.29) is 13.2 Å². The van der Waals surface area contributed by atoms with Gasteiger partial charge in [-0.2, -0.15) is 0 Å². The topological polar surface area (TPSA) is 47.6 Å². The van der Waals surface area contributed by atoms with Gasteiger partial charge in [-0.1, -0.05) is 6.07 Å². The normalized spacial score (nSPS) is 9.64. The van der Waals surface area contributed by atoms with Crippen molar-refractivity contribution in [3.63, 3.8) is 0 Å². The third-order valence-corrected chi connectivity index (χ3v) is 1.71. The first-order valence-corrected chi connectivity index (χ1v) is 4.25. The quantitative estimate of drug-likeness (QED) is 0.718. The average Bonchev–Trinajstić information content (AvgIpc) is 2.25. The van der Waals surface area contributed by atoms with E-state index in [1.165, 1.54) is 7.11 Å². The summed E-state index contributed by atoms with van der Waals surface area (Å²) in [4.78, 5) is 0. The number of ether oxygens (including phenoxy) is 3. The maximum atomic E-state index is 10.3. The molecule has 0 spiro atoms. The second-order valence-corrected chi connectivity index (χ2v) is 2.54. The minimum atomic E-state index is -0.277. The number of para-hydroxylation sites is 1. The molecule has 0 heterocycles. The Hall–Kier alpha value is -1.42. The molecule has 1 radical (unpaired) electrons. The van der Waals surface area contributed by atoms with Crippen LogP contribution in [0.4, 0.5) is 0 Å². The Balaban J connectivity index is 2.90. The summed E-state index contributed by atoms with van der Waals surface area (Å²) in [6.45, 7) is -0.149. The fourth-order valence-electron chi connectivity index (χ4n) is 1.12. The lowest BCUT2D eigenvalue weighted by Crippen LogP contribution is -2.02. The van der Waals surface area contributed by atoms with E-state index in [1.807, 2.05) is 0 Å². The molecule has 0 atom stereocenters. The highest BCUT2D eigenvalue weighted by Gasteiger charge is 2.09. The SMILES string of the molecule is COc1cccc(OCC[O])c1OC. The molecule has 0 aliphatic carbocycles. The highest BCUT2D eigenvalue weighted by atomic mass is 16.5. The Kier molecular flexibility index (Phi) is 4.07. The van der Waals surface area contributed by atoms with Crippen molar-refractivity contribution in [2.75, 3.05) is 27.4 Å². The number of benzene rings is 1. The Labute approximate surface area is 83.0 Å². The molecule has 4 heteroatoms. The van der Waals surface area contributed by atoms with Crippen molar-refractivity contribution in [3.8, 4) is 17.2 Å². The number of rotatable bonds is 5. The molecule has 0 aliphatic rings. The fraction of sp³-hybridized carbons (Fsp3) is 0.400. The molecule has 0 saturated heterocycles. The van der Waals surface area contributed by atoms with Crippen molar-refractivity contribution in [3.05, 3.63) is 18.2 Å². The zero-order valence-electron chi connectivity index (χ0n) is 8.28. The maximum absolute atomic E-state index is 10.3. The van der Waals surface area contributed by atoms with Crippen molar-refractivity contribution >= 4 is 0 Å². The zero-order chi connectivity index (χ0) is 10.4. The van der Waals surface area contributed by atoms with Gasteiger partial charge in [0.25, 0.3) is 0 Å². The minimum absolute atomic E-state index is 0.128. The van der Waals surface area contributed by atoms with Crippen LogP contribution in [-0.2, 0) is 5.11 Å². The molecule has 0 bridgehead atoms. The average molecular weight is 197 g/mol. The van der Waals surface area contributed by atoms with Gasteiger partial charge < -0.3 is 14.2 Å². The van der Waals surface area contributed by atoms with E-state index in [2.05, 4.69) is 0 Å². The van der Waals surface area contributed by atoms with E-state index in [4.69, 9.17) is 14.2 Å². The summed E-state index contributed by atoms with van der Waals surface area (Å²) >= 11 is 0. The maximum Gasteiger partial charge on any atom is 0.203 e. The lowest BCUT2D eigenvalue weighted by molar-refractivity contribution is 0.136. The van der Waals surface area contributed by atoms with Gasteiger partial charge >= 0.3 is 0 Å². The summed E-state index contributed by atoms with van der Waals surface area (Å²) in [5, 5.41) is 10.3. The van der Waals surface area contributed by atoms with Crippen molar-refractivity contribution in [1.82, 2.24) is 0 Å². The Bertz CT molecular complexity index is 285. The number of methoxy groups -OCH3 is 2. The molecule has 0 N–H and O–H groups in total. The molecule has 77 valence electrons. The molecule has 14 heavy (non-hydrogen) atoms. The van der Waals surface area contributed by atoms with Crippen LogP contribution in [0.5, 0.6) is 17.2 Å². The first-order chi connectivity index (χ1) is 6.83. The summed E-state index contributed by atoms with van der Waals surface area (Å²) in [6.07, 6.45) is 0. The van der Waals surface area contributed by atoms with Crippen LogP contribution in [0, 0.1) is 0 Å². The smallest absolute Gasteiger partial charge is 0.203 e. The Morgan fingerprint density at radius 2 is 1.86 bits per heavy atom. The van der Waals surface area contributed by atoms with Gasteiger partial charge in [0, 0.05) is 0 Å². The Morgan fingerprint density at radius 3 is 2.43 bits per heavy atom. The first kappa shape index (κ1) is 10.7. The van der Waals surface area contributed by atoms with Gasteiger partial charge in [0.1, 0.15) is 13.2 Å². The zero-order valence-corrected chi connectivity index (χ0v) is 8.28. The van der Waals surface area contributed by atoms with E-state index in [1.54, 1.807) is 25.3 Å². The highest BCUT2D eigenvalue weighted by molar-refractivity contribution is 5.50. The van der Waals surface area contributed by atoms with Gasteiger partial charge in [-0.3, -0.25) is 0 Å². The predicted molar refractivity (Wildman–Crippen MR) is 50.6 cm³/mol. The van der Waals surface area contributed by atoms with Crippen molar-refractivity contribution in [1.29, 1.82) is 0 Å². The van der Waals surface area contributed by atoms with Crippen LogP contribution < -0.4 is 14.2 Å². The van der Waals surface area contributed by atoms with E-state index in [9.17, 15) is 5.11 Å². The van der Waals surface area contributed by atoms with Crippen LogP contribution in [0.2, 0.25) is 0 Å². The summed E-state index contributed by atoms with van der Waals surface area (Å²) in [5.74, 6) is 1.64. The third kappa shape index (κ3) is 2.29. The molecular formula is C10H13O4. The van der Waals surface area contributed by atoms with Crippen LogP contribution in [0.15, 0.2) is 18.2 Å². The van der Waals surface area contributed by atoms with E-state index < -0.39 is 0 Å². The first-order valence-electron chi connectivity index (χ1n) is 4.25. The monoisotopic (exact) mass is 197 g/mol. The predicted octanol–water partition coefficient (Wildman–Crippen LogP) is 1.51. The minimum Gasteiger partial charge on any atom is -0.493 e. The fourth-order valence-corrected chi connectivity index (χ4v) is 1.12. The van der Waals surface area contributed by atoms with Crippen LogP contribution in [-0.4, -0.2) is 27.4 Å². The Morgan fingerprint density at radius 1 is 1.14 bits per heavy atom. The van der Waals surface area contributed by atoms with Crippen LogP contribution in [0.25, 0.3) is 0 Å². The number of hydrogen-bond acceptors (Lipinski definition) is 3. The lowest BCUT2D eigenvalue weighted by atomic mass is 10.3. The lowest BCUT2D eigenvalue weighted by Gasteiger charge is -2.12. The van der Waals surface area contributed by atoms with Crippen molar-refractivity contribution in [2.45, 2.75) is 0 Å². The van der Waals surface area contributed by atoms with Crippen LogP contribution in [0.3, 0.4) is 0 Å². The molecule has 1 aromatic rings. The van der Waals surface area contributed by atoms with Gasteiger partial charge in [0.15, 0.2) is 11.5 Å². The molecule has 0 aromatic heterocycles. The van der Waals surface area contributed by atoms with E-state index >= 15 is 0 Å². The molecule has 0 fully saturated rings. The third-order valence-electron chi connectivity index (χ3n) is 1.71. The van der Waals surface area contributed by atoms with E-state index in [0.29, 0.717) is 17.2 Å². The van der Waals surface area contributed by atoms with Gasteiger partial charge in [-0.15, -0.1) is 0 Å². The van der Waals surface area contributed by atoms with Gasteiger partial charge in [0.05, 0.1) is 14.2 Å². The van der Waals surface area contributed by atoms with Crippen molar-refractivity contribution in [2.24, 2.45) is 0 Å². The molecule has 0 unspecified atom stereocenters. The van der Waals surface area contributed by atoms with Gasteiger partial charge in [0.2, 0.25) is 5.75 Å². The second-order valence-electron chi connectivity index (χ2n) is 2.54. The molecule has 1 aromatic carbocycles. The largest absolute Gasteiger partial charge is 0.493 e. The summed E-state index contributed by atoms with van der Waals surface area (Å²) in [5.41, 5.74) is 0. The van der Waals surface area contributed by atoms with Crippen LogP contribution >= 0.6 is 0 Å². The van der Waals surface area contributed by atoms with E-state index in [0.717, 1.165) is 0 Å². The van der Waals surface area contributed by atoms with Crippen LogP contribution in [0.1, 0.15) is 0 Å². The van der Waals surface area contributed by atoms with Crippen molar-refractivity contribution < 1.29 is 19.3 Å². The molecular weight excluding hydrogens is 184 g/mol. The standard InChI is InChI=1S/C10H13O4/c1-12-8-4-3-5-9(10(8)13-2)14-7-6-11/h3-5H,6-7H2,1-2H3. The summed E-state index contributed by atoms with van der Waals surface area (Å²) < 4.78 is 15.4. The highest BCUT2D eigenvalue weighted by Crippen LogP contribution is 2.36. The molecule has 0 saturated carbocycles. The molecule has 0 aliphatic heterocycles. The summed E-state index contributed by atoms with van der Waals surface area (Å²) in [7, 11) is 3.08. The molecule has 4 nitrogen and oxygen atoms in total. The molecule has 1 rings (SSSR count). The van der Waals surface area contributed by atoms with Gasteiger partial charge in [-0.25, -0.2) is 5.11 Å². The molecule has 0 amide bonds.